The zero-order valence-electron chi connectivity index (χ0n) is 19.3. The van der Waals surface area contributed by atoms with Crippen LogP contribution in [0.5, 0.6) is 0 Å². The highest BCUT2D eigenvalue weighted by atomic mass is 19.1. The van der Waals surface area contributed by atoms with E-state index >= 15 is 0 Å². The lowest BCUT2D eigenvalue weighted by atomic mass is 10.1. The first-order chi connectivity index (χ1) is 17.1. The molecule has 1 amide bonds. The molecule has 2 heterocycles. The second kappa shape index (κ2) is 9.07. The lowest BCUT2D eigenvalue weighted by Crippen LogP contribution is -2.42. The number of ether oxygens (including phenoxy) is 2. The molecule has 2 bridgehead atoms. The third-order valence-corrected chi connectivity index (χ3v) is 7.42. The zero-order chi connectivity index (χ0) is 23.9. The molecule has 3 aromatic rings. The molecule has 182 valence electrons. The molecule has 2 aliphatic carbocycles. The molecule has 1 saturated heterocycles. The minimum atomic E-state index is -0.652. The maximum atomic E-state index is 14.5. The Hall–Kier alpha value is -3.26. The smallest absolute Gasteiger partial charge is 0.410 e. The van der Waals surface area contributed by atoms with Crippen LogP contribution >= 0.6 is 0 Å². The van der Waals surface area contributed by atoms with Crippen LogP contribution in [0.2, 0.25) is 0 Å². The molecule has 1 aromatic heterocycles. The van der Waals surface area contributed by atoms with Crippen molar-refractivity contribution in [2.45, 2.75) is 57.0 Å². The quantitative estimate of drug-likeness (QED) is 0.459. The third kappa shape index (κ3) is 4.31. The molecule has 35 heavy (non-hydrogen) atoms. The monoisotopic (exact) mass is 479 g/mol. The Morgan fingerprint density at radius 1 is 1.00 bits per heavy atom. The maximum absolute atomic E-state index is 14.5. The van der Waals surface area contributed by atoms with Crippen molar-refractivity contribution in [1.29, 1.82) is 0 Å². The molecule has 0 radical (unpaired) electrons. The number of para-hydroxylation sites is 1. The van der Waals surface area contributed by atoms with E-state index in [0.29, 0.717) is 18.2 Å². The van der Waals surface area contributed by atoms with Crippen molar-refractivity contribution < 1.29 is 23.0 Å². The summed E-state index contributed by atoms with van der Waals surface area (Å²) >= 11 is 0. The SMILES string of the molecule is O=C(OCc1ccccc1)N1C[C@@H]2C[C@H]1C[C@H]2OCc1c(C2CC2)cnn1-c1c(F)cccc1F. The summed E-state index contributed by atoms with van der Waals surface area (Å²) < 4.78 is 42.2. The number of likely N-dealkylation sites (tertiary alicyclic amines) is 1. The molecule has 2 saturated carbocycles. The van der Waals surface area contributed by atoms with Gasteiger partial charge in [0, 0.05) is 18.5 Å². The molecule has 1 aliphatic heterocycles. The van der Waals surface area contributed by atoms with Crippen molar-refractivity contribution >= 4 is 6.09 Å². The number of hydrogen-bond donors (Lipinski definition) is 0. The van der Waals surface area contributed by atoms with Crippen molar-refractivity contribution in [2.24, 2.45) is 5.92 Å². The van der Waals surface area contributed by atoms with E-state index in [9.17, 15) is 13.6 Å². The summed E-state index contributed by atoms with van der Waals surface area (Å²) in [6.45, 7) is 1.08. The van der Waals surface area contributed by atoms with Gasteiger partial charge in [-0.25, -0.2) is 18.3 Å². The van der Waals surface area contributed by atoms with Gasteiger partial charge < -0.3 is 14.4 Å². The van der Waals surface area contributed by atoms with E-state index in [-0.39, 0.29) is 43.1 Å². The summed E-state index contributed by atoms with van der Waals surface area (Å²) in [4.78, 5) is 14.4. The first kappa shape index (κ1) is 22.2. The highest BCUT2D eigenvalue weighted by Crippen LogP contribution is 2.44. The van der Waals surface area contributed by atoms with Crippen molar-refractivity contribution in [3.05, 3.63) is 83.2 Å². The number of aromatic nitrogens is 2. The number of carbonyl (C=O) groups is 1. The van der Waals surface area contributed by atoms with Crippen LogP contribution in [0.4, 0.5) is 13.6 Å². The zero-order valence-corrected chi connectivity index (χ0v) is 19.3. The molecule has 2 aromatic carbocycles. The maximum Gasteiger partial charge on any atom is 0.410 e. The Balaban J connectivity index is 1.11. The Labute approximate surface area is 202 Å². The van der Waals surface area contributed by atoms with Gasteiger partial charge in [-0.2, -0.15) is 5.10 Å². The molecule has 6 nitrogen and oxygen atoms in total. The first-order valence-corrected chi connectivity index (χ1v) is 12.2. The predicted molar refractivity (Wildman–Crippen MR) is 124 cm³/mol. The second-order valence-corrected chi connectivity index (χ2v) is 9.73. The molecule has 6 rings (SSSR count). The average Bonchev–Trinajstić information content (AvgIpc) is 3.31. The molecular formula is C27H27F2N3O3. The number of nitrogens with zero attached hydrogens (tertiary/aromatic N) is 3. The summed E-state index contributed by atoms with van der Waals surface area (Å²) in [5.74, 6) is -0.718. The van der Waals surface area contributed by atoms with E-state index in [2.05, 4.69) is 5.10 Å². The van der Waals surface area contributed by atoms with Crippen LogP contribution in [0.15, 0.2) is 54.7 Å². The fourth-order valence-electron chi connectivity index (χ4n) is 5.47. The number of hydrogen-bond acceptors (Lipinski definition) is 4. The summed E-state index contributed by atoms with van der Waals surface area (Å²) in [7, 11) is 0. The largest absolute Gasteiger partial charge is 0.445 e. The van der Waals surface area contributed by atoms with Crippen molar-refractivity contribution in [2.75, 3.05) is 6.54 Å². The highest BCUT2D eigenvalue weighted by Gasteiger charge is 2.48. The van der Waals surface area contributed by atoms with Crippen LogP contribution in [0.1, 0.15) is 48.4 Å². The van der Waals surface area contributed by atoms with E-state index < -0.39 is 11.6 Å². The average molecular weight is 480 g/mol. The van der Waals surface area contributed by atoms with Crippen LogP contribution in [0, 0.1) is 17.6 Å². The molecule has 8 heteroatoms. The van der Waals surface area contributed by atoms with Crippen molar-refractivity contribution in [1.82, 2.24) is 14.7 Å². The van der Waals surface area contributed by atoms with E-state index in [1.54, 1.807) is 6.20 Å². The summed E-state index contributed by atoms with van der Waals surface area (Å²) in [5, 5.41) is 4.33. The van der Waals surface area contributed by atoms with E-state index in [4.69, 9.17) is 9.47 Å². The highest BCUT2D eigenvalue weighted by molar-refractivity contribution is 5.68. The van der Waals surface area contributed by atoms with Gasteiger partial charge in [-0.05, 0) is 54.9 Å². The van der Waals surface area contributed by atoms with Gasteiger partial charge in [0.1, 0.15) is 12.3 Å². The number of halogens is 2. The van der Waals surface area contributed by atoms with Gasteiger partial charge in [-0.1, -0.05) is 36.4 Å². The molecular weight excluding hydrogens is 452 g/mol. The topological polar surface area (TPSA) is 56.6 Å². The van der Waals surface area contributed by atoms with E-state index in [1.165, 1.54) is 22.9 Å². The fraction of sp³-hybridized carbons (Fsp3) is 0.407. The Kier molecular flexibility index (Phi) is 5.76. The van der Waals surface area contributed by atoms with Crippen LogP contribution in [0.25, 0.3) is 5.69 Å². The molecule has 3 fully saturated rings. The summed E-state index contributed by atoms with van der Waals surface area (Å²) in [5.41, 5.74) is 2.50. The van der Waals surface area contributed by atoms with Gasteiger partial charge in [0.05, 0.1) is 24.6 Å². The Morgan fingerprint density at radius 3 is 2.46 bits per heavy atom. The molecule has 0 unspecified atom stereocenters. The summed E-state index contributed by atoms with van der Waals surface area (Å²) in [6, 6.07) is 13.5. The Morgan fingerprint density at radius 2 is 1.77 bits per heavy atom. The number of piperidine rings is 1. The molecule has 3 atom stereocenters. The number of rotatable bonds is 7. The normalized spacial score (nSPS) is 23.1. The second-order valence-electron chi connectivity index (χ2n) is 9.73. The van der Waals surface area contributed by atoms with Gasteiger partial charge in [0.2, 0.25) is 0 Å². The number of amides is 1. The molecule has 0 spiro atoms. The predicted octanol–water partition coefficient (Wildman–Crippen LogP) is 5.34. The first-order valence-electron chi connectivity index (χ1n) is 12.2. The number of benzene rings is 2. The Bertz CT molecular complexity index is 1210. The van der Waals surface area contributed by atoms with Gasteiger partial charge in [0.25, 0.3) is 0 Å². The van der Waals surface area contributed by atoms with Gasteiger partial charge in [-0.3, -0.25) is 0 Å². The summed E-state index contributed by atoms with van der Waals surface area (Å²) in [6.07, 6.45) is 5.11. The van der Waals surface area contributed by atoms with E-state index in [0.717, 1.165) is 36.8 Å². The fourth-order valence-corrected chi connectivity index (χ4v) is 5.47. The van der Waals surface area contributed by atoms with Gasteiger partial charge >= 0.3 is 6.09 Å². The lowest BCUT2D eigenvalue weighted by molar-refractivity contribution is -0.0131. The van der Waals surface area contributed by atoms with Crippen molar-refractivity contribution in [3.8, 4) is 5.69 Å². The van der Waals surface area contributed by atoms with Crippen LogP contribution in [0.3, 0.4) is 0 Å². The molecule has 0 N–H and O–H groups in total. The molecule has 3 aliphatic rings. The minimum Gasteiger partial charge on any atom is -0.445 e. The van der Waals surface area contributed by atoms with Crippen LogP contribution in [-0.2, 0) is 22.7 Å². The standard InChI is InChI=1S/C27H27F2N3O3/c28-22-7-4-8-23(29)26(22)32-24(21(13-30-32)18-9-10-18)16-34-25-12-20-11-19(25)14-31(20)27(33)35-15-17-5-2-1-3-6-17/h1-8,13,18-20,25H,9-12,14-16H2/t19-,20-,25+/m0/s1. The minimum absolute atomic E-state index is 0.0148. The van der Waals surface area contributed by atoms with E-state index in [1.807, 2.05) is 35.2 Å². The van der Waals surface area contributed by atoms with Crippen molar-refractivity contribution in [3.63, 3.8) is 0 Å². The number of fused-ring (bicyclic) bond motifs is 2. The van der Waals surface area contributed by atoms with Crippen LogP contribution < -0.4 is 0 Å². The van der Waals surface area contributed by atoms with Crippen LogP contribution in [-0.4, -0.2) is 39.5 Å². The lowest BCUT2D eigenvalue weighted by Gasteiger charge is -2.31. The van der Waals surface area contributed by atoms with Gasteiger partial charge in [0.15, 0.2) is 11.6 Å². The third-order valence-electron chi connectivity index (χ3n) is 7.42. The number of carbonyl (C=O) groups excluding carboxylic acids is 1. The van der Waals surface area contributed by atoms with Gasteiger partial charge in [-0.15, -0.1) is 0 Å².